The van der Waals surface area contributed by atoms with E-state index < -0.39 is 10.1 Å². The van der Waals surface area contributed by atoms with Gasteiger partial charge in [-0.3, -0.25) is 4.55 Å². The smallest absolute Gasteiger partial charge is 0.296 e. The molecule has 0 saturated heterocycles. The number of fused-ring (bicyclic) bond motifs is 8. The van der Waals surface area contributed by atoms with Crippen molar-refractivity contribution in [3.8, 4) is 0 Å². The molecule has 3 aromatic rings. The number of aromatic nitrogens is 4. The molecular weight excluding hydrogens is 376 g/mol. The molecule has 2 aliphatic heterocycles. The summed E-state index contributed by atoms with van der Waals surface area (Å²) in [5, 5.41) is 0. The number of nitrogens with one attached hydrogen (secondary N) is 2. The normalized spacial score (nSPS) is 13.2. The first-order chi connectivity index (χ1) is 13.4. The van der Waals surface area contributed by atoms with Crippen LogP contribution in [0.2, 0.25) is 0 Å². The number of H-pyrrole nitrogens is 2. The summed E-state index contributed by atoms with van der Waals surface area (Å²) >= 11 is 0. The van der Waals surface area contributed by atoms with Crippen LogP contribution >= 0.6 is 0 Å². The van der Waals surface area contributed by atoms with Gasteiger partial charge in [-0.1, -0.05) is 0 Å². The predicted molar refractivity (Wildman–Crippen MR) is 109 cm³/mol. The summed E-state index contributed by atoms with van der Waals surface area (Å²) in [5.41, 5.74) is 5.31. The first kappa shape index (κ1) is 16.7. The van der Waals surface area contributed by atoms with Gasteiger partial charge in [-0.05, 0) is 66.8 Å². The van der Waals surface area contributed by atoms with E-state index in [1.54, 1.807) is 18.2 Å². The van der Waals surface area contributed by atoms with Crippen molar-refractivity contribution in [2.45, 2.75) is 4.90 Å². The lowest BCUT2D eigenvalue weighted by Crippen LogP contribution is -1.96. The first-order valence-corrected chi connectivity index (χ1v) is 9.92. The van der Waals surface area contributed by atoms with Gasteiger partial charge in [0.05, 0.1) is 28.3 Å². The maximum atomic E-state index is 11.8. The van der Waals surface area contributed by atoms with Crippen molar-refractivity contribution >= 4 is 56.5 Å². The van der Waals surface area contributed by atoms with E-state index in [4.69, 9.17) is 0 Å². The van der Waals surface area contributed by atoms with Gasteiger partial charge in [0, 0.05) is 16.6 Å². The molecule has 2 aliphatic rings. The Morgan fingerprint density at radius 2 is 1.18 bits per heavy atom. The molecule has 0 unspecified atom stereocenters. The van der Waals surface area contributed by atoms with Gasteiger partial charge in [-0.25, -0.2) is 9.97 Å². The lowest BCUT2D eigenvalue weighted by atomic mass is 10.3. The van der Waals surface area contributed by atoms with Gasteiger partial charge in [0.25, 0.3) is 10.1 Å². The SMILES string of the molecule is O=S(=O)(O)c1cc2cc3nc(cc4ccc(cc5nc(cc1[nH]2)C=C5)[nH]4)C=C3. The molecule has 0 atom stereocenters. The van der Waals surface area contributed by atoms with Gasteiger partial charge in [-0.15, -0.1) is 0 Å². The van der Waals surface area contributed by atoms with E-state index in [2.05, 4.69) is 19.9 Å². The third kappa shape index (κ3) is 3.15. The van der Waals surface area contributed by atoms with Crippen LogP contribution in [-0.2, 0) is 10.1 Å². The van der Waals surface area contributed by atoms with E-state index in [-0.39, 0.29) is 10.4 Å². The zero-order valence-corrected chi connectivity index (χ0v) is 15.2. The molecule has 0 radical (unpaired) electrons. The fraction of sp³-hybridized carbons (Fsp3) is 0. The second-order valence-electron chi connectivity index (χ2n) is 6.51. The summed E-state index contributed by atoms with van der Waals surface area (Å²) in [5.74, 6) is 0. The molecule has 0 amide bonds. The van der Waals surface area contributed by atoms with Gasteiger partial charge < -0.3 is 9.97 Å². The van der Waals surface area contributed by atoms with Crippen molar-refractivity contribution < 1.29 is 13.0 Å². The fourth-order valence-electron chi connectivity index (χ4n) is 3.20. The minimum absolute atomic E-state index is 0.205. The van der Waals surface area contributed by atoms with E-state index in [9.17, 15) is 13.0 Å². The summed E-state index contributed by atoms with van der Waals surface area (Å²) in [6.07, 6.45) is 7.32. The Bertz CT molecular complexity index is 1440. The van der Waals surface area contributed by atoms with Crippen molar-refractivity contribution in [1.82, 2.24) is 19.9 Å². The Labute approximate surface area is 159 Å². The van der Waals surface area contributed by atoms with E-state index >= 15 is 0 Å². The molecule has 0 saturated carbocycles. The molecule has 7 nitrogen and oxygen atoms in total. The standard InChI is InChI=1S/C20H14N4O3S/c25-28(26,27)20-11-18-9-16-4-3-14(22-16)7-12-1-2-13(21-12)8-15-5-6-17(23-15)10-19(20)24-18/h1-11,21,24H,(H,25,26,27). The summed E-state index contributed by atoms with van der Waals surface area (Å²) < 4.78 is 33.2. The molecule has 3 aromatic heterocycles. The molecule has 8 bridgehead atoms. The second kappa shape index (κ2) is 6.01. The number of rotatable bonds is 1. The number of hydrogen-bond donors (Lipinski definition) is 3. The average Bonchev–Trinajstić information content (AvgIpc) is 3.38. The van der Waals surface area contributed by atoms with Crippen LogP contribution in [0.1, 0.15) is 22.8 Å². The third-order valence-electron chi connectivity index (χ3n) is 4.41. The zero-order chi connectivity index (χ0) is 19.3. The van der Waals surface area contributed by atoms with Crippen LogP contribution in [0.4, 0.5) is 0 Å². The van der Waals surface area contributed by atoms with Crippen LogP contribution in [0, 0.1) is 0 Å². The molecule has 0 aliphatic carbocycles. The molecule has 0 spiro atoms. The number of aromatic amines is 2. The molecule has 3 N–H and O–H groups in total. The van der Waals surface area contributed by atoms with Crippen molar-refractivity contribution in [3.63, 3.8) is 0 Å². The number of hydrogen-bond acceptors (Lipinski definition) is 4. The fourth-order valence-corrected chi connectivity index (χ4v) is 3.87. The molecular formula is C20H14N4O3S. The van der Waals surface area contributed by atoms with Crippen LogP contribution in [0.15, 0.2) is 47.4 Å². The van der Waals surface area contributed by atoms with E-state index in [1.807, 2.05) is 42.5 Å². The summed E-state index contributed by atoms with van der Waals surface area (Å²) in [4.78, 5) is 15.1. The maximum Gasteiger partial charge on any atom is 0.296 e. The molecule has 5 heterocycles. The molecule has 0 aromatic carbocycles. The van der Waals surface area contributed by atoms with E-state index in [1.165, 1.54) is 6.07 Å². The minimum atomic E-state index is -4.40. The monoisotopic (exact) mass is 390 g/mol. The molecule has 0 fully saturated rings. The molecule has 8 heteroatoms. The van der Waals surface area contributed by atoms with Gasteiger partial charge in [0.15, 0.2) is 0 Å². The highest BCUT2D eigenvalue weighted by molar-refractivity contribution is 7.86. The van der Waals surface area contributed by atoms with Crippen LogP contribution < -0.4 is 0 Å². The van der Waals surface area contributed by atoms with Crippen molar-refractivity contribution in [1.29, 1.82) is 0 Å². The lowest BCUT2D eigenvalue weighted by Gasteiger charge is -1.91. The largest absolute Gasteiger partial charge is 0.355 e. The summed E-state index contributed by atoms with van der Waals surface area (Å²) in [6.45, 7) is 0. The average molecular weight is 390 g/mol. The topological polar surface area (TPSA) is 112 Å². The Morgan fingerprint density at radius 3 is 1.71 bits per heavy atom. The summed E-state index contributed by atoms with van der Waals surface area (Å²) in [7, 11) is -4.40. The highest BCUT2D eigenvalue weighted by Gasteiger charge is 2.15. The van der Waals surface area contributed by atoms with Crippen molar-refractivity contribution in [2.24, 2.45) is 0 Å². The Hall–Kier alpha value is -3.49. The molecule has 138 valence electrons. The Balaban J connectivity index is 1.89. The van der Waals surface area contributed by atoms with Crippen LogP contribution in [0.3, 0.4) is 0 Å². The van der Waals surface area contributed by atoms with Gasteiger partial charge in [-0.2, -0.15) is 8.42 Å². The molecule has 5 rings (SSSR count). The van der Waals surface area contributed by atoms with Crippen molar-refractivity contribution in [3.05, 3.63) is 65.2 Å². The molecule has 28 heavy (non-hydrogen) atoms. The van der Waals surface area contributed by atoms with E-state index in [0.717, 1.165) is 22.4 Å². The van der Waals surface area contributed by atoms with Gasteiger partial charge in [0.2, 0.25) is 0 Å². The minimum Gasteiger partial charge on any atom is -0.355 e. The Morgan fingerprint density at radius 1 is 0.679 bits per heavy atom. The quantitative estimate of drug-likeness (QED) is 0.376. The highest BCUT2D eigenvalue weighted by Crippen LogP contribution is 2.22. The van der Waals surface area contributed by atoms with Gasteiger partial charge >= 0.3 is 0 Å². The van der Waals surface area contributed by atoms with Crippen LogP contribution in [0.5, 0.6) is 0 Å². The Kier molecular flexibility index (Phi) is 3.58. The van der Waals surface area contributed by atoms with Crippen LogP contribution in [0.25, 0.3) is 46.4 Å². The first-order valence-electron chi connectivity index (χ1n) is 8.48. The van der Waals surface area contributed by atoms with Gasteiger partial charge in [0.1, 0.15) is 4.90 Å². The predicted octanol–water partition coefficient (Wildman–Crippen LogP) is 3.90. The van der Waals surface area contributed by atoms with Crippen molar-refractivity contribution in [2.75, 3.05) is 0 Å². The highest BCUT2D eigenvalue weighted by atomic mass is 32.2. The third-order valence-corrected chi connectivity index (χ3v) is 5.30. The second-order valence-corrected chi connectivity index (χ2v) is 7.90. The van der Waals surface area contributed by atoms with E-state index in [0.29, 0.717) is 16.9 Å². The zero-order valence-electron chi connectivity index (χ0n) is 14.4. The summed E-state index contributed by atoms with van der Waals surface area (Å²) in [6, 6.07) is 12.4. The van der Waals surface area contributed by atoms with Crippen LogP contribution in [-0.4, -0.2) is 32.9 Å². The number of nitrogens with zero attached hydrogens (tertiary/aromatic N) is 2. The lowest BCUT2D eigenvalue weighted by molar-refractivity contribution is 0.484. The maximum absolute atomic E-state index is 11.8.